The topological polar surface area (TPSA) is 56.1 Å². The van der Waals surface area contributed by atoms with E-state index in [1.165, 1.54) is 5.56 Å². The Bertz CT molecular complexity index is 891. The van der Waals surface area contributed by atoms with E-state index in [2.05, 4.69) is 24.4 Å². The molecule has 0 aliphatic heterocycles. The third-order valence-electron chi connectivity index (χ3n) is 4.76. The van der Waals surface area contributed by atoms with Crippen molar-refractivity contribution < 1.29 is 9.53 Å². The van der Waals surface area contributed by atoms with Gasteiger partial charge in [0.15, 0.2) is 0 Å². The molecule has 5 nitrogen and oxygen atoms in total. The number of unbranched alkanes of at least 4 members (excludes halogenated alkanes) is 1. The first-order valence-corrected chi connectivity index (χ1v) is 10.2. The zero-order valence-corrected chi connectivity index (χ0v) is 17.2. The van der Waals surface area contributed by atoms with Crippen LogP contribution in [0.15, 0.2) is 66.9 Å². The Labute approximate surface area is 172 Å². The molecule has 0 saturated heterocycles. The molecule has 1 N–H and O–H groups in total. The van der Waals surface area contributed by atoms with Crippen molar-refractivity contribution in [3.8, 4) is 11.3 Å². The second-order valence-electron chi connectivity index (χ2n) is 7.14. The van der Waals surface area contributed by atoms with E-state index in [1.54, 1.807) is 6.92 Å². The molecule has 1 amide bonds. The fourth-order valence-electron chi connectivity index (χ4n) is 3.09. The van der Waals surface area contributed by atoms with E-state index in [0.29, 0.717) is 19.7 Å². The van der Waals surface area contributed by atoms with Crippen LogP contribution >= 0.6 is 0 Å². The zero-order chi connectivity index (χ0) is 20.5. The van der Waals surface area contributed by atoms with Crippen LogP contribution in [0.4, 0.5) is 0 Å². The van der Waals surface area contributed by atoms with Crippen LogP contribution in [0.25, 0.3) is 11.3 Å². The highest BCUT2D eigenvalue weighted by molar-refractivity contribution is 5.80. The minimum atomic E-state index is -0.457. The molecule has 3 rings (SSSR count). The van der Waals surface area contributed by atoms with Crippen LogP contribution in [0.3, 0.4) is 0 Å². The van der Waals surface area contributed by atoms with Crippen molar-refractivity contribution in [3.63, 3.8) is 0 Å². The largest absolute Gasteiger partial charge is 0.369 e. The summed E-state index contributed by atoms with van der Waals surface area (Å²) < 4.78 is 7.53. The summed E-state index contributed by atoms with van der Waals surface area (Å²) in [6.45, 7) is 5.61. The number of rotatable bonds is 10. The van der Waals surface area contributed by atoms with Gasteiger partial charge in [-0.05, 0) is 18.9 Å². The van der Waals surface area contributed by atoms with E-state index in [4.69, 9.17) is 9.84 Å². The highest BCUT2D eigenvalue weighted by atomic mass is 16.5. The molecular weight excluding hydrogens is 362 g/mol. The summed E-state index contributed by atoms with van der Waals surface area (Å²) in [6.07, 6.45) is 3.57. The second-order valence-corrected chi connectivity index (χ2v) is 7.14. The molecule has 0 aliphatic carbocycles. The molecule has 0 unspecified atom stereocenters. The SMILES string of the molecule is CCCCO[C@H](C)C(=O)NCc1cn(Cc2ccccc2)nc1-c1ccccc1. The van der Waals surface area contributed by atoms with Crippen LogP contribution in [-0.4, -0.2) is 28.4 Å². The molecule has 2 aromatic carbocycles. The van der Waals surface area contributed by atoms with Gasteiger partial charge in [0, 0.05) is 30.5 Å². The van der Waals surface area contributed by atoms with Gasteiger partial charge in [-0.2, -0.15) is 5.10 Å². The standard InChI is InChI=1S/C24H29N3O2/c1-3-4-15-29-19(2)24(28)25-16-22-18-27(17-20-11-7-5-8-12-20)26-23(22)21-13-9-6-10-14-21/h5-14,18-19H,3-4,15-17H2,1-2H3,(H,25,28)/t19-/m1/s1. The summed E-state index contributed by atoms with van der Waals surface area (Å²) in [5.41, 5.74) is 4.10. The molecule has 0 aliphatic rings. The van der Waals surface area contributed by atoms with E-state index in [9.17, 15) is 4.79 Å². The molecule has 5 heteroatoms. The average molecular weight is 392 g/mol. The van der Waals surface area contributed by atoms with Crippen molar-refractivity contribution >= 4 is 5.91 Å². The molecule has 0 bridgehead atoms. The first kappa shape index (κ1) is 20.8. The smallest absolute Gasteiger partial charge is 0.249 e. The van der Waals surface area contributed by atoms with E-state index in [1.807, 2.05) is 59.4 Å². The van der Waals surface area contributed by atoms with Gasteiger partial charge < -0.3 is 10.1 Å². The van der Waals surface area contributed by atoms with Crippen LogP contribution in [0.2, 0.25) is 0 Å². The van der Waals surface area contributed by atoms with Gasteiger partial charge in [-0.1, -0.05) is 74.0 Å². The maximum atomic E-state index is 12.4. The number of aromatic nitrogens is 2. The second kappa shape index (κ2) is 10.6. The Hall–Kier alpha value is -2.92. The van der Waals surface area contributed by atoms with Gasteiger partial charge in [-0.3, -0.25) is 9.48 Å². The van der Waals surface area contributed by atoms with E-state index in [0.717, 1.165) is 29.7 Å². The molecule has 29 heavy (non-hydrogen) atoms. The number of hydrogen-bond donors (Lipinski definition) is 1. The number of amides is 1. The number of carbonyl (C=O) groups excluding carboxylic acids is 1. The summed E-state index contributed by atoms with van der Waals surface area (Å²) in [7, 11) is 0. The monoisotopic (exact) mass is 391 g/mol. The summed E-state index contributed by atoms with van der Waals surface area (Å²) in [4.78, 5) is 12.4. The third-order valence-corrected chi connectivity index (χ3v) is 4.76. The maximum Gasteiger partial charge on any atom is 0.249 e. The van der Waals surface area contributed by atoms with Crippen LogP contribution in [-0.2, 0) is 22.6 Å². The van der Waals surface area contributed by atoms with E-state index in [-0.39, 0.29) is 5.91 Å². The van der Waals surface area contributed by atoms with Crippen molar-refractivity contribution in [2.45, 2.75) is 45.9 Å². The Balaban J connectivity index is 1.73. The normalized spacial score (nSPS) is 11.9. The predicted octanol–water partition coefficient (Wildman–Crippen LogP) is 4.42. The highest BCUT2D eigenvalue weighted by Crippen LogP contribution is 2.22. The number of ether oxygens (including phenoxy) is 1. The molecule has 1 heterocycles. The van der Waals surface area contributed by atoms with Gasteiger partial charge in [-0.15, -0.1) is 0 Å². The van der Waals surface area contributed by atoms with Gasteiger partial charge in [-0.25, -0.2) is 0 Å². The van der Waals surface area contributed by atoms with Gasteiger partial charge in [0.1, 0.15) is 6.10 Å². The first-order valence-electron chi connectivity index (χ1n) is 10.2. The number of benzene rings is 2. The van der Waals surface area contributed by atoms with E-state index >= 15 is 0 Å². The lowest BCUT2D eigenvalue weighted by Crippen LogP contribution is -2.34. The van der Waals surface area contributed by atoms with Crippen molar-refractivity contribution in [2.75, 3.05) is 6.61 Å². The number of hydrogen-bond acceptors (Lipinski definition) is 3. The number of carbonyl (C=O) groups is 1. The van der Waals surface area contributed by atoms with Gasteiger partial charge in [0.25, 0.3) is 0 Å². The molecule has 0 radical (unpaired) electrons. The summed E-state index contributed by atoms with van der Waals surface area (Å²) in [5, 5.41) is 7.79. The lowest BCUT2D eigenvalue weighted by molar-refractivity contribution is -0.131. The molecular formula is C24H29N3O2. The van der Waals surface area contributed by atoms with Gasteiger partial charge in [0.05, 0.1) is 12.2 Å². The maximum absolute atomic E-state index is 12.4. The van der Waals surface area contributed by atoms with Crippen LogP contribution in [0.1, 0.15) is 37.8 Å². The van der Waals surface area contributed by atoms with Crippen LogP contribution in [0, 0.1) is 0 Å². The molecule has 152 valence electrons. The molecule has 0 fully saturated rings. The average Bonchev–Trinajstić information content (AvgIpc) is 3.16. The molecule has 1 atom stereocenters. The van der Waals surface area contributed by atoms with Crippen LogP contribution in [0.5, 0.6) is 0 Å². The fourth-order valence-corrected chi connectivity index (χ4v) is 3.09. The van der Waals surface area contributed by atoms with Crippen molar-refractivity contribution in [2.24, 2.45) is 0 Å². The number of nitrogens with one attached hydrogen (secondary N) is 1. The van der Waals surface area contributed by atoms with Crippen molar-refractivity contribution in [1.82, 2.24) is 15.1 Å². The minimum absolute atomic E-state index is 0.101. The van der Waals surface area contributed by atoms with E-state index < -0.39 is 6.10 Å². The molecule has 3 aromatic rings. The zero-order valence-electron chi connectivity index (χ0n) is 17.2. The number of nitrogens with zero attached hydrogens (tertiary/aromatic N) is 2. The Morgan fingerprint density at radius 2 is 1.79 bits per heavy atom. The van der Waals surface area contributed by atoms with Gasteiger partial charge >= 0.3 is 0 Å². The highest BCUT2D eigenvalue weighted by Gasteiger charge is 2.16. The summed E-state index contributed by atoms with van der Waals surface area (Å²) in [6, 6.07) is 20.3. The first-order chi connectivity index (χ1) is 14.2. The van der Waals surface area contributed by atoms with Gasteiger partial charge in [0.2, 0.25) is 5.91 Å². The molecule has 0 spiro atoms. The molecule has 1 aromatic heterocycles. The lowest BCUT2D eigenvalue weighted by Gasteiger charge is -2.13. The fraction of sp³-hybridized carbons (Fsp3) is 0.333. The quantitative estimate of drug-likeness (QED) is 0.521. The Morgan fingerprint density at radius 1 is 1.10 bits per heavy atom. The summed E-state index contributed by atoms with van der Waals surface area (Å²) >= 11 is 0. The lowest BCUT2D eigenvalue weighted by atomic mass is 10.1. The molecule has 0 saturated carbocycles. The Morgan fingerprint density at radius 3 is 2.48 bits per heavy atom. The van der Waals surface area contributed by atoms with Crippen molar-refractivity contribution in [1.29, 1.82) is 0 Å². The third kappa shape index (κ3) is 6.03. The van der Waals surface area contributed by atoms with Crippen LogP contribution < -0.4 is 5.32 Å². The predicted molar refractivity (Wildman–Crippen MR) is 115 cm³/mol. The Kier molecular flexibility index (Phi) is 7.59. The summed E-state index contributed by atoms with van der Waals surface area (Å²) in [5.74, 6) is -0.101. The van der Waals surface area contributed by atoms with Crippen molar-refractivity contribution in [3.05, 3.63) is 78.0 Å². The minimum Gasteiger partial charge on any atom is -0.369 e.